The maximum absolute atomic E-state index is 5.33. The molecule has 18 aromatic carbocycles. The molecule has 0 N–H and O–H groups in total. The lowest BCUT2D eigenvalue weighted by molar-refractivity contribution is 0.660. The zero-order valence-corrected chi connectivity index (χ0v) is 77.2. The Balaban J connectivity index is 0.000000108. The largest absolute Gasteiger partial charge is 0.309 e. The molecule has 0 amide bonds. The molecular formula is C127H92N10. The van der Waals surface area contributed by atoms with E-state index in [0.717, 1.165) is 94.6 Å². The normalized spacial score (nSPS) is 13.9. The van der Waals surface area contributed by atoms with Crippen molar-refractivity contribution in [3.63, 3.8) is 0 Å². The number of aromatic nitrogens is 10. The van der Waals surface area contributed by atoms with Crippen molar-refractivity contribution >= 4 is 87.2 Å². The fraction of sp³-hybridized carbons (Fsp3) is 0.0945. The molecule has 4 aliphatic rings. The SMILES string of the molecule is CC1(C)c2ccccc2-c2cc3c(cc21)c1ccccc1n3-c1nc(-c2ccc(-c3ccccc3)cc2)c2ccccc2n1.CC1(C)c2ccccc2-c2cc3c4ccccc4n(-c4nc(-c5ccccc5)nc(-c5ccccc5)n4)c3cc21.CC1(C)c2ccccc2-c2ccc(-c3nc(-c4ccc(-n5c6ccccc6c6ccc7c(c65)C(C)(C)c5ccccc5-7)cc4)nc4ccccc34)cc21. The highest BCUT2D eigenvalue weighted by atomic mass is 15.2. The van der Waals surface area contributed by atoms with E-state index in [9.17, 15) is 0 Å². The maximum Gasteiger partial charge on any atom is 0.238 e. The van der Waals surface area contributed by atoms with Crippen molar-refractivity contribution in [3.8, 4) is 130 Å². The fourth-order valence-corrected chi connectivity index (χ4v) is 23.1. The highest BCUT2D eigenvalue weighted by Crippen LogP contribution is 2.57. The van der Waals surface area contributed by atoms with Crippen LogP contribution in [0, 0.1) is 0 Å². The second kappa shape index (κ2) is 30.8. The lowest BCUT2D eigenvalue weighted by Gasteiger charge is -2.23. The average molecular weight is 1760 g/mol. The Kier molecular flexibility index (Phi) is 18.2. The van der Waals surface area contributed by atoms with Gasteiger partial charge in [0.2, 0.25) is 11.9 Å². The van der Waals surface area contributed by atoms with Gasteiger partial charge in [-0.25, -0.2) is 24.9 Å². The van der Waals surface area contributed by atoms with Crippen LogP contribution in [-0.4, -0.2) is 48.6 Å². The Labute approximate surface area is 794 Å². The molecule has 0 radical (unpaired) electrons. The molecule has 10 heteroatoms. The lowest BCUT2D eigenvalue weighted by Crippen LogP contribution is -2.16. The topological polar surface area (TPSA) is 105 Å². The van der Waals surface area contributed by atoms with Crippen LogP contribution in [0.25, 0.3) is 217 Å². The summed E-state index contributed by atoms with van der Waals surface area (Å²) >= 11 is 0. The minimum atomic E-state index is -0.137. The predicted octanol–water partition coefficient (Wildman–Crippen LogP) is 31.6. The monoisotopic (exact) mass is 1760 g/mol. The van der Waals surface area contributed by atoms with Crippen LogP contribution in [-0.2, 0) is 21.7 Å². The Morgan fingerprint density at radius 1 is 0.182 bits per heavy atom. The van der Waals surface area contributed by atoms with Gasteiger partial charge in [0.25, 0.3) is 0 Å². The van der Waals surface area contributed by atoms with E-state index in [1.54, 1.807) is 0 Å². The summed E-state index contributed by atoms with van der Waals surface area (Å²) in [5.74, 6) is 3.34. The van der Waals surface area contributed by atoms with E-state index >= 15 is 0 Å². The minimum absolute atomic E-state index is 0.0676. The van der Waals surface area contributed by atoms with E-state index in [4.69, 9.17) is 34.9 Å². The van der Waals surface area contributed by atoms with Crippen LogP contribution in [0.15, 0.2) is 413 Å². The molecule has 10 nitrogen and oxygen atoms in total. The molecule has 0 unspecified atom stereocenters. The van der Waals surface area contributed by atoms with Crippen LogP contribution in [0.3, 0.4) is 0 Å². The van der Waals surface area contributed by atoms with Crippen molar-refractivity contribution in [2.45, 2.75) is 77.0 Å². The molecule has 6 aromatic heterocycles. The highest BCUT2D eigenvalue weighted by molar-refractivity contribution is 6.15. The fourth-order valence-electron chi connectivity index (χ4n) is 23.1. The molecule has 650 valence electrons. The summed E-state index contributed by atoms with van der Waals surface area (Å²) in [5.41, 5.74) is 40.3. The number of hydrogen-bond acceptors (Lipinski definition) is 7. The van der Waals surface area contributed by atoms with Crippen molar-refractivity contribution in [1.29, 1.82) is 0 Å². The summed E-state index contributed by atoms with van der Waals surface area (Å²) in [6.45, 7) is 18.7. The van der Waals surface area contributed by atoms with Crippen molar-refractivity contribution in [2.75, 3.05) is 0 Å². The number of hydrogen-bond donors (Lipinski definition) is 0. The Bertz CT molecular complexity index is 9070. The second-order valence-corrected chi connectivity index (χ2v) is 39.0. The third-order valence-electron chi connectivity index (χ3n) is 29.9. The minimum Gasteiger partial charge on any atom is -0.309 e. The Morgan fingerprint density at radius 2 is 0.540 bits per heavy atom. The Hall–Kier alpha value is -17.0. The molecule has 0 saturated heterocycles. The summed E-state index contributed by atoms with van der Waals surface area (Å²) in [6.07, 6.45) is 0. The van der Waals surface area contributed by atoms with E-state index in [-0.39, 0.29) is 21.7 Å². The number of para-hydroxylation sites is 5. The first-order valence-electron chi connectivity index (χ1n) is 47.4. The molecule has 0 fully saturated rings. The molecule has 0 atom stereocenters. The molecular weight excluding hydrogens is 1670 g/mol. The highest BCUT2D eigenvalue weighted by Gasteiger charge is 2.42. The number of nitrogens with zero attached hydrogens (tertiary/aromatic N) is 10. The molecule has 6 heterocycles. The zero-order chi connectivity index (χ0) is 91.9. The van der Waals surface area contributed by atoms with Crippen LogP contribution < -0.4 is 0 Å². The van der Waals surface area contributed by atoms with Gasteiger partial charge in [0.1, 0.15) is 0 Å². The molecule has 0 saturated carbocycles. The smallest absolute Gasteiger partial charge is 0.238 e. The van der Waals surface area contributed by atoms with Crippen LogP contribution in [0.4, 0.5) is 0 Å². The Morgan fingerprint density at radius 3 is 1.10 bits per heavy atom. The standard InChI is InChI=1S/C50H37N3.C41H29N3.C36H26N4/c1-49(2)40-17-9-5-13-33(40)35-26-23-31(29-42(35)49)46-39-16-7-11-19-43(39)51-48(52-46)30-21-24-32(25-22-30)53-44-20-12-8-15-36(44)38-28-27-37-34-14-6-10-18-41(34)50(3,4)45(37)47(38)53;1-41(2)34-17-9-6-14-29(34)32-25-38-33(24-35(32)41)30-15-8-11-19-37(30)44(38)40-42-36-18-10-7-16-31(36)39(43-40)28-22-20-27(21-23-28)26-12-4-3-5-13-26;1-36(2)29-19-11-9-17-25(29)27-21-28-26-18-10-12-20-31(26)40(32(28)22-30(27)36)35-38-33(23-13-5-3-6-14-23)37-34(39-35)24-15-7-4-8-16-24/h5-29H,1-4H3;3-25H,1-2H3;3-22H,1-2H3. The van der Waals surface area contributed by atoms with Crippen LogP contribution in [0.1, 0.15) is 99.9 Å². The van der Waals surface area contributed by atoms with Gasteiger partial charge < -0.3 is 4.57 Å². The van der Waals surface area contributed by atoms with E-state index in [2.05, 4.69) is 421 Å². The van der Waals surface area contributed by atoms with Crippen LogP contribution in [0.5, 0.6) is 0 Å². The quantitative estimate of drug-likeness (QED) is 0.142. The first kappa shape index (κ1) is 80.9. The van der Waals surface area contributed by atoms with E-state index < -0.39 is 0 Å². The van der Waals surface area contributed by atoms with E-state index in [1.807, 2.05) is 60.7 Å². The van der Waals surface area contributed by atoms with Crippen LogP contribution >= 0.6 is 0 Å². The molecule has 4 aliphatic carbocycles. The average Bonchev–Trinajstić information content (AvgIpc) is 1.22. The number of fused-ring (bicyclic) bond motifs is 24. The van der Waals surface area contributed by atoms with Crippen molar-refractivity contribution in [3.05, 3.63) is 457 Å². The van der Waals surface area contributed by atoms with Crippen molar-refractivity contribution in [2.24, 2.45) is 0 Å². The zero-order valence-electron chi connectivity index (χ0n) is 77.2. The van der Waals surface area contributed by atoms with Gasteiger partial charge in [0, 0.05) is 98.3 Å². The van der Waals surface area contributed by atoms with Gasteiger partial charge in [-0.05, 0) is 185 Å². The summed E-state index contributed by atoms with van der Waals surface area (Å²) in [4.78, 5) is 36.1. The molecule has 0 bridgehead atoms. The number of benzene rings is 18. The molecule has 28 rings (SSSR count). The van der Waals surface area contributed by atoms with Crippen molar-refractivity contribution in [1.82, 2.24) is 48.6 Å². The van der Waals surface area contributed by atoms with Gasteiger partial charge in [0.15, 0.2) is 17.5 Å². The summed E-state index contributed by atoms with van der Waals surface area (Å²) < 4.78 is 6.94. The first-order valence-corrected chi connectivity index (χ1v) is 47.4. The van der Waals surface area contributed by atoms with Gasteiger partial charge in [0.05, 0.1) is 55.5 Å². The van der Waals surface area contributed by atoms with Gasteiger partial charge in [-0.15, -0.1) is 0 Å². The van der Waals surface area contributed by atoms with Gasteiger partial charge >= 0.3 is 0 Å². The molecule has 24 aromatic rings. The summed E-state index contributed by atoms with van der Waals surface area (Å²) in [7, 11) is 0. The van der Waals surface area contributed by atoms with Gasteiger partial charge in [-0.1, -0.05) is 383 Å². The molecule has 0 aliphatic heterocycles. The maximum atomic E-state index is 5.33. The second-order valence-electron chi connectivity index (χ2n) is 39.0. The molecule has 0 spiro atoms. The van der Waals surface area contributed by atoms with Gasteiger partial charge in [-0.2, -0.15) is 9.97 Å². The first-order chi connectivity index (χ1) is 67.0. The van der Waals surface area contributed by atoms with Crippen LogP contribution in [0.2, 0.25) is 0 Å². The van der Waals surface area contributed by atoms with Crippen molar-refractivity contribution < 1.29 is 0 Å². The molecule has 137 heavy (non-hydrogen) atoms. The third kappa shape index (κ3) is 12.6. The number of rotatable bonds is 9. The van der Waals surface area contributed by atoms with Gasteiger partial charge in [-0.3, -0.25) is 9.13 Å². The lowest BCUT2D eigenvalue weighted by atomic mass is 9.81. The summed E-state index contributed by atoms with van der Waals surface area (Å²) in [6, 6.07) is 147. The van der Waals surface area contributed by atoms with E-state index in [1.165, 1.54) is 143 Å². The summed E-state index contributed by atoms with van der Waals surface area (Å²) in [5, 5.41) is 9.48. The predicted molar refractivity (Wildman–Crippen MR) is 565 cm³/mol. The van der Waals surface area contributed by atoms with E-state index in [0.29, 0.717) is 23.5 Å². The third-order valence-corrected chi connectivity index (χ3v) is 29.9.